The van der Waals surface area contributed by atoms with E-state index in [1.54, 1.807) is 29.2 Å². The molecule has 0 saturated carbocycles. The van der Waals surface area contributed by atoms with E-state index >= 15 is 0 Å². The number of hydrogen-bond acceptors (Lipinski definition) is 4. The van der Waals surface area contributed by atoms with Gasteiger partial charge in [0.1, 0.15) is 5.82 Å². The third-order valence-electron chi connectivity index (χ3n) is 6.30. The van der Waals surface area contributed by atoms with Crippen LogP contribution in [0.25, 0.3) is 0 Å². The molecule has 1 unspecified atom stereocenters. The summed E-state index contributed by atoms with van der Waals surface area (Å²) in [5, 5.41) is 8.56. The van der Waals surface area contributed by atoms with Gasteiger partial charge in [-0.15, -0.1) is 0 Å². The Kier molecular flexibility index (Phi) is 6.95. The summed E-state index contributed by atoms with van der Waals surface area (Å²) in [5.41, 5.74) is 2.42. The highest BCUT2D eigenvalue weighted by Gasteiger charge is 2.41. The van der Waals surface area contributed by atoms with Crippen LogP contribution in [-0.4, -0.2) is 37.6 Å². The minimum absolute atomic E-state index is 0.0363. The molecule has 4 rings (SSSR count). The molecule has 0 aliphatic carbocycles. The molecule has 2 aliphatic heterocycles. The normalized spacial score (nSPS) is 19.1. The van der Waals surface area contributed by atoms with Crippen molar-refractivity contribution in [3.63, 3.8) is 0 Å². The molecule has 2 saturated heterocycles. The summed E-state index contributed by atoms with van der Waals surface area (Å²) in [4.78, 5) is 25.0. The second-order valence-electron chi connectivity index (χ2n) is 8.71. The Hall–Kier alpha value is -3.30. The van der Waals surface area contributed by atoms with Gasteiger partial charge < -0.3 is 20.9 Å². The summed E-state index contributed by atoms with van der Waals surface area (Å²) in [6.45, 7) is 1.02. The highest BCUT2D eigenvalue weighted by molar-refractivity contribution is 5.89. The van der Waals surface area contributed by atoms with Crippen molar-refractivity contribution in [1.29, 1.82) is 0 Å². The first-order valence-corrected chi connectivity index (χ1v) is 11.2. The summed E-state index contributed by atoms with van der Waals surface area (Å²) in [5.74, 6) is -2.45. The number of amides is 2. The maximum absolute atomic E-state index is 14.7. The number of nitrogens with one attached hydrogen (secondary N) is 3. The highest BCUT2D eigenvalue weighted by atomic mass is 19.4. The molecule has 2 aromatic rings. The van der Waals surface area contributed by atoms with E-state index in [-0.39, 0.29) is 50.1 Å². The molecule has 1 atom stereocenters. The lowest BCUT2D eigenvalue weighted by Gasteiger charge is -2.34. The number of hydrogen-bond donors (Lipinski definition) is 3. The molecule has 34 heavy (non-hydrogen) atoms. The molecule has 2 fully saturated rings. The van der Waals surface area contributed by atoms with E-state index in [9.17, 15) is 27.2 Å². The second kappa shape index (κ2) is 9.90. The number of anilines is 3. The Bertz CT molecular complexity index is 1030. The molecule has 2 aliphatic rings. The van der Waals surface area contributed by atoms with Crippen LogP contribution in [0.4, 0.5) is 34.6 Å². The standard InChI is InChI=1S/C24H26F4N4O2/c25-20-12-19(5-6-21(20)32-9-7-17(8-10-32)24(26,27)28)31-18-3-1-15(2-4-18)13-30-23(34)16-11-22(33)29-14-16/h1-6,12,16-17,31H,7-11,13-14H2,(H,29,33)(H,30,34). The molecule has 6 nitrogen and oxygen atoms in total. The maximum atomic E-state index is 14.7. The highest BCUT2D eigenvalue weighted by Crippen LogP contribution is 2.36. The van der Waals surface area contributed by atoms with E-state index in [0.717, 1.165) is 11.3 Å². The number of benzene rings is 2. The lowest BCUT2D eigenvalue weighted by Crippen LogP contribution is -2.39. The lowest BCUT2D eigenvalue weighted by molar-refractivity contribution is -0.179. The number of carbonyl (C=O) groups is 2. The summed E-state index contributed by atoms with van der Waals surface area (Å²) in [6, 6.07) is 11.9. The summed E-state index contributed by atoms with van der Waals surface area (Å²) in [6.07, 6.45) is -4.07. The van der Waals surface area contributed by atoms with E-state index < -0.39 is 17.9 Å². The quantitative estimate of drug-likeness (QED) is 0.547. The zero-order chi connectivity index (χ0) is 24.3. The molecule has 0 spiro atoms. The van der Waals surface area contributed by atoms with Crippen LogP contribution in [0.3, 0.4) is 0 Å². The van der Waals surface area contributed by atoms with Crippen molar-refractivity contribution in [2.75, 3.05) is 29.9 Å². The fourth-order valence-electron chi connectivity index (χ4n) is 4.29. The third kappa shape index (κ3) is 5.78. The average Bonchev–Trinajstić information content (AvgIpc) is 3.24. The molecule has 182 valence electrons. The van der Waals surface area contributed by atoms with Gasteiger partial charge in [-0.1, -0.05) is 12.1 Å². The number of alkyl halides is 3. The van der Waals surface area contributed by atoms with Gasteiger partial charge in [0.15, 0.2) is 0 Å². The van der Waals surface area contributed by atoms with E-state index in [0.29, 0.717) is 24.5 Å². The molecule has 2 amide bonds. The van der Waals surface area contributed by atoms with Crippen molar-refractivity contribution in [3.8, 4) is 0 Å². The van der Waals surface area contributed by atoms with Crippen LogP contribution in [0.2, 0.25) is 0 Å². The van der Waals surface area contributed by atoms with Gasteiger partial charge in [-0.3, -0.25) is 9.59 Å². The van der Waals surface area contributed by atoms with Crippen LogP contribution in [0, 0.1) is 17.7 Å². The van der Waals surface area contributed by atoms with Crippen LogP contribution in [-0.2, 0) is 16.1 Å². The molecule has 3 N–H and O–H groups in total. The van der Waals surface area contributed by atoms with E-state index in [1.165, 1.54) is 6.07 Å². The van der Waals surface area contributed by atoms with Crippen molar-refractivity contribution in [2.45, 2.75) is 32.0 Å². The number of carbonyl (C=O) groups excluding carboxylic acids is 2. The first kappa shape index (κ1) is 23.8. The Balaban J connectivity index is 1.29. The van der Waals surface area contributed by atoms with Gasteiger partial charge in [0, 0.05) is 44.0 Å². The first-order valence-electron chi connectivity index (χ1n) is 11.2. The molecule has 10 heteroatoms. The molecular formula is C24H26F4N4O2. The zero-order valence-electron chi connectivity index (χ0n) is 18.4. The monoisotopic (exact) mass is 478 g/mol. The molecule has 2 aromatic carbocycles. The molecule has 0 aromatic heterocycles. The number of halogens is 4. The van der Waals surface area contributed by atoms with Gasteiger partial charge in [-0.25, -0.2) is 4.39 Å². The van der Waals surface area contributed by atoms with E-state index in [4.69, 9.17) is 0 Å². The second-order valence-corrected chi connectivity index (χ2v) is 8.71. The van der Waals surface area contributed by atoms with Crippen molar-refractivity contribution in [1.82, 2.24) is 10.6 Å². The van der Waals surface area contributed by atoms with E-state index in [2.05, 4.69) is 16.0 Å². The summed E-state index contributed by atoms with van der Waals surface area (Å²) < 4.78 is 53.3. The Morgan fingerprint density at radius 2 is 1.74 bits per heavy atom. The molecular weight excluding hydrogens is 452 g/mol. The number of rotatable bonds is 6. The summed E-state index contributed by atoms with van der Waals surface area (Å²) in [7, 11) is 0. The largest absolute Gasteiger partial charge is 0.391 e. The van der Waals surface area contributed by atoms with Gasteiger partial charge in [-0.2, -0.15) is 13.2 Å². The SMILES string of the molecule is O=C1CC(C(=O)NCc2ccc(Nc3ccc(N4CCC(C(F)(F)F)CC4)c(F)c3)cc2)CN1. The van der Waals surface area contributed by atoms with Gasteiger partial charge >= 0.3 is 6.18 Å². The van der Waals surface area contributed by atoms with Gasteiger partial charge in [0.05, 0.1) is 17.5 Å². The van der Waals surface area contributed by atoms with Crippen LogP contribution in [0.15, 0.2) is 42.5 Å². The molecule has 0 radical (unpaired) electrons. The number of nitrogens with zero attached hydrogens (tertiary/aromatic N) is 1. The van der Waals surface area contributed by atoms with Crippen molar-refractivity contribution < 1.29 is 27.2 Å². The summed E-state index contributed by atoms with van der Waals surface area (Å²) >= 11 is 0. The smallest absolute Gasteiger partial charge is 0.369 e. The van der Waals surface area contributed by atoms with E-state index in [1.807, 2.05) is 12.1 Å². The Morgan fingerprint density at radius 3 is 2.32 bits per heavy atom. The lowest BCUT2D eigenvalue weighted by atomic mass is 9.96. The fourth-order valence-corrected chi connectivity index (χ4v) is 4.29. The third-order valence-corrected chi connectivity index (χ3v) is 6.30. The predicted molar refractivity (Wildman–Crippen MR) is 120 cm³/mol. The van der Waals surface area contributed by atoms with Crippen LogP contribution in [0.5, 0.6) is 0 Å². The topological polar surface area (TPSA) is 73.5 Å². The predicted octanol–water partition coefficient (Wildman–Crippen LogP) is 4.10. The first-order chi connectivity index (χ1) is 16.2. The van der Waals surface area contributed by atoms with Crippen LogP contribution in [0.1, 0.15) is 24.8 Å². The Morgan fingerprint density at radius 1 is 1.06 bits per heavy atom. The number of piperidine rings is 1. The van der Waals surface area contributed by atoms with Gasteiger partial charge in [0.2, 0.25) is 11.8 Å². The molecule has 0 bridgehead atoms. The van der Waals surface area contributed by atoms with Crippen molar-refractivity contribution in [3.05, 3.63) is 53.8 Å². The van der Waals surface area contributed by atoms with Crippen molar-refractivity contribution >= 4 is 28.9 Å². The minimum atomic E-state index is -4.20. The zero-order valence-corrected chi connectivity index (χ0v) is 18.4. The minimum Gasteiger partial charge on any atom is -0.369 e. The van der Waals surface area contributed by atoms with Crippen LogP contribution >= 0.6 is 0 Å². The van der Waals surface area contributed by atoms with Crippen LogP contribution < -0.4 is 20.9 Å². The average molecular weight is 478 g/mol. The molecule has 2 heterocycles. The van der Waals surface area contributed by atoms with Gasteiger partial charge in [0.25, 0.3) is 0 Å². The van der Waals surface area contributed by atoms with Gasteiger partial charge in [-0.05, 0) is 48.7 Å². The van der Waals surface area contributed by atoms with Crippen molar-refractivity contribution in [2.24, 2.45) is 11.8 Å². The fraction of sp³-hybridized carbons (Fsp3) is 0.417. The maximum Gasteiger partial charge on any atom is 0.391 e. The Labute approximate surface area is 194 Å².